The van der Waals surface area contributed by atoms with Crippen LogP contribution in [-0.4, -0.2) is 26.0 Å². The van der Waals surface area contributed by atoms with Gasteiger partial charge in [0, 0.05) is 0 Å². The average Bonchev–Trinajstić information content (AvgIpc) is 2.38. The Morgan fingerprint density at radius 2 is 1.61 bits per heavy atom. The fourth-order valence-corrected chi connectivity index (χ4v) is 1.05. The van der Waals surface area contributed by atoms with Gasteiger partial charge in [0.15, 0.2) is 11.5 Å². The molecule has 0 spiro atoms. The van der Waals surface area contributed by atoms with Gasteiger partial charge in [-0.15, -0.1) is 0 Å². The minimum absolute atomic E-state index is 0.0813. The lowest BCUT2D eigenvalue weighted by Crippen LogP contribution is -2.13. The van der Waals surface area contributed by atoms with Crippen molar-refractivity contribution in [2.45, 2.75) is 13.3 Å². The van der Waals surface area contributed by atoms with Gasteiger partial charge in [0.25, 0.3) is 0 Å². The van der Waals surface area contributed by atoms with E-state index < -0.39 is 12.3 Å². The highest BCUT2D eigenvalue weighted by Gasteiger charge is 2.13. The maximum atomic E-state index is 11.3. The zero-order valence-electron chi connectivity index (χ0n) is 10.2. The summed E-state index contributed by atoms with van der Waals surface area (Å²) in [6, 6.07) is 6.21. The van der Waals surface area contributed by atoms with Crippen molar-refractivity contribution in [2.75, 3.05) is 13.7 Å². The van der Waals surface area contributed by atoms with Crippen molar-refractivity contribution >= 4 is 12.3 Å². The quantitative estimate of drug-likeness (QED) is 0.607. The molecule has 0 unspecified atom stereocenters. The summed E-state index contributed by atoms with van der Waals surface area (Å²) in [6.07, 6.45) is -1.05. The second kappa shape index (κ2) is 7.16. The maximum absolute atomic E-state index is 11.3. The van der Waals surface area contributed by atoms with Gasteiger partial charge in [0.05, 0.1) is 13.7 Å². The molecule has 0 atom stereocenters. The van der Waals surface area contributed by atoms with Crippen LogP contribution in [0.15, 0.2) is 24.3 Å². The fraction of sp³-hybridized carbons (Fsp3) is 0.333. The van der Waals surface area contributed by atoms with E-state index in [1.54, 1.807) is 12.1 Å². The second-order valence-electron chi connectivity index (χ2n) is 3.20. The standard InChI is InChI=1S/C12H14O6/c1-3-8-16-12(14)18-10-7-5-4-6-9(10)17-11(13)15-2/h4-7H,3,8H2,1-2H3. The first-order chi connectivity index (χ1) is 8.67. The van der Waals surface area contributed by atoms with Crippen LogP contribution in [0.5, 0.6) is 11.5 Å². The van der Waals surface area contributed by atoms with E-state index in [9.17, 15) is 9.59 Å². The van der Waals surface area contributed by atoms with Crippen molar-refractivity contribution < 1.29 is 28.5 Å². The van der Waals surface area contributed by atoms with Crippen LogP contribution >= 0.6 is 0 Å². The Morgan fingerprint density at radius 3 is 2.11 bits per heavy atom. The van der Waals surface area contributed by atoms with E-state index >= 15 is 0 Å². The number of rotatable bonds is 4. The van der Waals surface area contributed by atoms with Gasteiger partial charge in [0.2, 0.25) is 0 Å². The van der Waals surface area contributed by atoms with Crippen LogP contribution in [-0.2, 0) is 9.47 Å². The average molecular weight is 254 g/mol. The number of hydrogen-bond acceptors (Lipinski definition) is 6. The molecule has 0 fully saturated rings. The van der Waals surface area contributed by atoms with E-state index in [0.29, 0.717) is 6.42 Å². The Bertz CT molecular complexity index is 415. The number of ether oxygens (including phenoxy) is 4. The van der Waals surface area contributed by atoms with E-state index in [-0.39, 0.29) is 18.1 Å². The fourth-order valence-electron chi connectivity index (χ4n) is 1.05. The number of benzene rings is 1. The molecule has 18 heavy (non-hydrogen) atoms. The summed E-state index contributed by atoms with van der Waals surface area (Å²) in [7, 11) is 1.18. The number of para-hydroxylation sites is 2. The number of hydrogen-bond donors (Lipinski definition) is 0. The van der Waals surface area contributed by atoms with Crippen LogP contribution in [0.4, 0.5) is 9.59 Å². The number of carbonyl (C=O) groups excluding carboxylic acids is 2. The first kappa shape index (κ1) is 13.8. The molecule has 0 aromatic heterocycles. The summed E-state index contributed by atoms with van der Waals surface area (Å²) >= 11 is 0. The molecule has 1 rings (SSSR count). The smallest absolute Gasteiger partial charge is 0.437 e. The van der Waals surface area contributed by atoms with Crippen LogP contribution in [0, 0.1) is 0 Å². The normalized spacial score (nSPS) is 9.44. The van der Waals surface area contributed by atoms with Crippen molar-refractivity contribution in [1.29, 1.82) is 0 Å². The highest BCUT2D eigenvalue weighted by atomic mass is 16.7. The predicted octanol–water partition coefficient (Wildman–Crippen LogP) is 2.76. The molecular formula is C12H14O6. The zero-order chi connectivity index (χ0) is 13.4. The Labute approximate surface area is 104 Å². The molecule has 0 bridgehead atoms. The predicted molar refractivity (Wildman–Crippen MR) is 61.7 cm³/mol. The summed E-state index contributed by atoms with van der Waals surface area (Å²) in [6.45, 7) is 2.13. The third kappa shape index (κ3) is 4.32. The molecule has 98 valence electrons. The Kier molecular flexibility index (Phi) is 5.50. The SMILES string of the molecule is CCCOC(=O)Oc1ccccc1OC(=O)OC. The van der Waals surface area contributed by atoms with Crippen LogP contribution in [0.3, 0.4) is 0 Å². The van der Waals surface area contributed by atoms with Gasteiger partial charge in [-0.05, 0) is 18.6 Å². The molecule has 6 heteroatoms. The maximum Gasteiger partial charge on any atom is 0.513 e. The van der Waals surface area contributed by atoms with Crippen molar-refractivity contribution in [3.8, 4) is 11.5 Å². The third-order valence-corrected chi connectivity index (χ3v) is 1.83. The molecule has 0 heterocycles. The molecule has 0 aliphatic carbocycles. The van der Waals surface area contributed by atoms with Crippen molar-refractivity contribution in [2.24, 2.45) is 0 Å². The summed E-state index contributed by atoms with van der Waals surface area (Å²) < 4.78 is 18.8. The van der Waals surface area contributed by atoms with E-state index in [4.69, 9.17) is 14.2 Å². The summed E-state index contributed by atoms with van der Waals surface area (Å²) in [5.74, 6) is 0.168. The largest absolute Gasteiger partial charge is 0.513 e. The van der Waals surface area contributed by atoms with Gasteiger partial charge < -0.3 is 18.9 Å². The molecule has 0 amide bonds. The molecule has 0 aliphatic heterocycles. The minimum Gasteiger partial charge on any atom is -0.437 e. The van der Waals surface area contributed by atoms with Crippen LogP contribution in [0.2, 0.25) is 0 Å². The highest BCUT2D eigenvalue weighted by Crippen LogP contribution is 2.27. The molecule has 0 saturated heterocycles. The molecule has 0 saturated carbocycles. The Morgan fingerprint density at radius 1 is 1.06 bits per heavy atom. The monoisotopic (exact) mass is 254 g/mol. The van der Waals surface area contributed by atoms with Gasteiger partial charge in [-0.25, -0.2) is 9.59 Å². The van der Waals surface area contributed by atoms with Crippen LogP contribution in [0.25, 0.3) is 0 Å². The molecule has 1 aromatic carbocycles. The first-order valence-electron chi connectivity index (χ1n) is 5.36. The molecular weight excluding hydrogens is 240 g/mol. The van der Waals surface area contributed by atoms with Crippen LogP contribution in [0.1, 0.15) is 13.3 Å². The topological polar surface area (TPSA) is 71.1 Å². The highest BCUT2D eigenvalue weighted by molar-refractivity contribution is 5.68. The van der Waals surface area contributed by atoms with Crippen molar-refractivity contribution in [3.63, 3.8) is 0 Å². The third-order valence-electron chi connectivity index (χ3n) is 1.83. The zero-order valence-corrected chi connectivity index (χ0v) is 10.2. The van der Waals surface area contributed by atoms with Gasteiger partial charge in [-0.1, -0.05) is 19.1 Å². The lowest BCUT2D eigenvalue weighted by Gasteiger charge is -2.09. The summed E-state index contributed by atoms with van der Waals surface area (Å²) in [5, 5.41) is 0. The van der Waals surface area contributed by atoms with E-state index in [1.807, 2.05) is 6.92 Å². The second-order valence-corrected chi connectivity index (χ2v) is 3.20. The lowest BCUT2D eigenvalue weighted by molar-refractivity contribution is 0.0950. The molecule has 0 radical (unpaired) electrons. The summed E-state index contributed by atoms with van der Waals surface area (Å²) in [5.41, 5.74) is 0. The van der Waals surface area contributed by atoms with Crippen molar-refractivity contribution in [3.05, 3.63) is 24.3 Å². The van der Waals surface area contributed by atoms with Gasteiger partial charge in [-0.2, -0.15) is 0 Å². The Balaban J connectivity index is 2.69. The first-order valence-corrected chi connectivity index (χ1v) is 5.36. The number of methoxy groups -OCH3 is 1. The van der Waals surface area contributed by atoms with Crippen LogP contribution < -0.4 is 9.47 Å². The van der Waals surface area contributed by atoms with Gasteiger partial charge >= 0.3 is 12.3 Å². The minimum atomic E-state index is -0.895. The number of carbonyl (C=O) groups is 2. The van der Waals surface area contributed by atoms with E-state index in [1.165, 1.54) is 19.2 Å². The summed E-state index contributed by atoms with van der Waals surface area (Å²) in [4.78, 5) is 22.2. The van der Waals surface area contributed by atoms with Gasteiger partial charge in [-0.3, -0.25) is 0 Å². The van der Waals surface area contributed by atoms with Gasteiger partial charge in [0.1, 0.15) is 0 Å². The van der Waals surface area contributed by atoms with E-state index in [0.717, 1.165) is 0 Å². The molecule has 0 aliphatic rings. The molecule has 0 N–H and O–H groups in total. The Hall–Kier alpha value is -2.24. The van der Waals surface area contributed by atoms with Crippen molar-refractivity contribution in [1.82, 2.24) is 0 Å². The molecule has 1 aromatic rings. The lowest BCUT2D eigenvalue weighted by atomic mass is 10.3. The van der Waals surface area contributed by atoms with E-state index in [2.05, 4.69) is 4.74 Å². The molecule has 6 nitrogen and oxygen atoms in total.